The van der Waals surface area contributed by atoms with Gasteiger partial charge in [0.1, 0.15) is 5.75 Å². The lowest BCUT2D eigenvalue weighted by Gasteiger charge is -2.26. The van der Waals surface area contributed by atoms with Gasteiger partial charge in [-0.25, -0.2) is 0 Å². The fourth-order valence-corrected chi connectivity index (χ4v) is 3.17. The molecule has 1 aromatic carbocycles. The normalized spacial score (nSPS) is 19.9. The molecule has 0 unspecified atom stereocenters. The Morgan fingerprint density at radius 1 is 1.21 bits per heavy atom. The SMILES string of the molecule is COc1ccc(CN(CCCO)C(=O)[C@@H]2CC[C@H](C(=O)O)C2)cc1. The number of carbonyl (C=O) groups is 2. The molecule has 1 aliphatic carbocycles. The lowest BCUT2D eigenvalue weighted by atomic mass is 10.0. The summed E-state index contributed by atoms with van der Waals surface area (Å²) < 4.78 is 5.13. The number of amides is 1. The molecule has 0 heterocycles. The van der Waals surface area contributed by atoms with Gasteiger partial charge in [-0.05, 0) is 43.4 Å². The first-order valence-electron chi connectivity index (χ1n) is 8.30. The minimum Gasteiger partial charge on any atom is -0.497 e. The third kappa shape index (κ3) is 4.71. The predicted molar refractivity (Wildman–Crippen MR) is 88.6 cm³/mol. The minimum absolute atomic E-state index is 0.0111. The molecule has 0 saturated heterocycles. The highest BCUT2D eigenvalue weighted by atomic mass is 16.5. The van der Waals surface area contributed by atoms with Gasteiger partial charge in [0, 0.05) is 25.6 Å². The van der Waals surface area contributed by atoms with E-state index in [0.29, 0.717) is 38.8 Å². The van der Waals surface area contributed by atoms with Crippen molar-refractivity contribution in [2.45, 2.75) is 32.2 Å². The van der Waals surface area contributed by atoms with E-state index in [4.69, 9.17) is 14.9 Å². The van der Waals surface area contributed by atoms with E-state index >= 15 is 0 Å². The molecule has 6 nitrogen and oxygen atoms in total. The summed E-state index contributed by atoms with van der Waals surface area (Å²) in [6.45, 7) is 0.946. The van der Waals surface area contributed by atoms with Crippen molar-refractivity contribution in [1.82, 2.24) is 4.90 Å². The number of nitrogens with zero attached hydrogens (tertiary/aromatic N) is 1. The second-order valence-corrected chi connectivity index (χ2v) is 6.23. The zero-order valence-corrected chi connectivity index (χ0v) is 14.0. The highest BCUT2D eigenvalue weighted by Crippen LogP contribution is 2.32. The third-order valence-electron chi connectivity index (χ3n) is 4.56. The van der Waals surface area contributed by atoms with Crippen LogP contribution in [-0.2, 0) is 16.1 Å². The van der Waals surface area contributed by atoms with Crippen LogP contribution in [0.4, 0.5) is 0 Å². The second kappa shape index (κ2) is 8.68. The molecule has 1 aromatic rings. The Bertz CT molecular complexity index is 557. The molecule has 1 saturated carbocycles. The average Bonchev–Trinajstić information content (AvgIpc) is 3.09. The number of hydrogen-bond donors (Lipinski definition) is 2. The van der Waals surface area contributed by atoms with Crippen molar-refractivity contribution >= 4 is 11.9 Å². The second-order valence-electron chi connectivity index (χ2n) is 6.23. The summed E-state index contributed by atoms with van der Waals surface area (Å²) in [6, 6.07) is 7.51. The summed E-state index contributed by atoms with van der Waals surface area (Å²) in [5, 5.41) is 18.2. The van der Waals surface area contributed by atoms with Crippen molar-refractivity contribution in [3.8, 4) is 5.75 Å². The Hall–Kier alpha value is -2.08. The number of benzene rings is 1. The van der Waals surface area contributed by atoms with Crippen LogP contribution in [0, 0.1) is 11.8 Å². The number of hydrogen-bond acceptors (Lipinski definition) is 4. The smallest absolute Gasteiger partial charge is 0.306 e. The largest absolute Gasteiger partial charge is 0.497 e. The molecule has 1 aliphatic rings. The Morgan fingerprint density at radius 3 is 2.42 bits per heavy atom. The number of aliphatic carboxylic acids is 1. The average molecular weight is 335 g/mol. The van der Waals surface area contributed by atoms with Crippen LogP contribution in [0.15, 0.2) is 24.3 Å². The van der Waals surface area contributed by atoms with Crippen LogP contribution in [0.25, 0.3) is 0 Å². The summed E-state index contributed by atoms with van der Waals surface area (Å²) in [4.78, 5) is 25.6. The van der Waals surface area contributed by atoms with Crippen LogP contribution in [0.3, 0.4) is 0 Å². The van der Waals surface area contributed by atoms with Gasteiger partial charge in [-0.3, -0.25) is 9.59 Å². The fraction of sp³-hybridized carbons (Fsp3) is 0.556. The quantitative estimate of drug-likeness (QED) is 0.758. The summed E-state index contributed by atoms with van der Waals surface area (Å²) >= 11 is 0. The first-order chi connectivity index (χ1) is 11.5. The Balaban J connectivity index is 2.03. The van der Waals surface area contributed by atoms with E-state index < -0.39 is 11.9 Å². The fourth-order valence-electron chi connectivity index (χ4n) is 3.17. The van der Waals surface area contributed by atoms with Crippen molar-refractivity contribution in [2.75, 3.05) is 20.3 Å². The molecule has 0 radical (unpaired) electrons. The molecular weight excluding hydrogens is 310 g/mol. The number of rotatable bonds is 8. The van der Waals surface area contributed by atoms with E-state index in [1.54, 1.807) is 12.0 Å². The maximum absolute atomic E-state index is 12.8. The maximum Gasteiger partial charge on any atom is 0.306 e. The van der Waals surface area contributed by atoms with Crippen LogP contribution in [-0.4, -0.2) is 47.3 Å². The molecule has 0 spiro atoms. The summed E-state index contributed by atoms with van der Waals surface area (Å²) in [7, 11) is 1.60. The molecule has 1 amide bonds. The molecule has 132 valence electrons. The van der Waals surface area contributed by atoms with Crippen LogP contribution in [0.2, 0.25) is 0 Å². The lowest BCUT2D eigenvalue weighted by Crippen LogP contribution is -2.36. The van der Waals surface area contributed by atoms with Crippen molar-refractivity contribution < 1.29 is 24.5 Å². The van der Waals surface area contributed by atoms with Gasteiger partial charge in [-0.15, -0.1) is 0 Å². The van der Waals surface area contributed by atoms with Gasteiger partial charge in [0.05, 0.1) is 13.0 Å². The van der Waals surface area contributed by atoms with E-state index in [9.17, 15) is 9.59 Å². The maximum atomic E-state index is 12.8. The molecule has 2 N–H and O–H groups in total. The van der Waals surface area contributed by atoms with E-state index in [1.165, 1.54) is 0 Å². The molecule has 0 aliphatic heterocycles. The highest BCUT2D eigenvalue weighted by molar-refractivity contribution is 5.81. The summed E-state index contributed by atoms with van der Waals surface area (Å²) in [5.41, 5.74) is 0.981. The molecule has 2 atom stereocenters. The number of carbonyl (C=O) groups excluding carboxylic acids is 1. The van der Waals surface area contributed by atoms with Crippen LogP contribution >= 0.6 is 0 Å². The lowest BCUT2D eigenvalue weighted by molar-refractivity contribution is -0.141. The molecule has 2 rings (SSSR count). The molecular formula is C18H25NO5. The summed E-state index contributed by atoms with van der Waals surface area (Å²) in [5.74, 6) is -0.722. The number of aliphatic hydroxyl groups excluding tert-OH is 1. The molecule has 24 heavy (non-hydrogen) atoms. The van der Waals surface area contributed by atoms with Crippen molar-refractivity contribution in [3.05, 3.63) is 29.8 Å². The van der Waals surface area contributed by atoms with Crippen LogP contribution in [0.5, 0.6) is 5.75 Å². The molecule has 1 fully saturated rings. The van der Waals surface area contributed by atoms with Gasteiger partial charge in [0.2, 0.25) is 5.91 Å². The molecule has 0 bridgehead atoms. The predicted octanol–water partition coefficient (Wildman–Crippen LogP) is 1.91. The molecule has 6 heteroatoms. The van der Waals surface area contributed by atoms with Crippen molar-refractivity contribution in [3.63, 3.8) is 0 Å². The van der Waals surface area contributed by atoms with Gasteiger partial charge >= 0.3 is 5.97 Å². The number of methoxy groups -OCH3 is 1. The first kappa shape index (κ1) is 18.3. The Labute approximate surface area is 142 Å². The van der Waals surface area contributed by atoms with E-state index in [0.717, 1.165) is 11.3 Å². The van der Waals surface area contributed by atoms with Crippen molar-refractivity contribution in [1.29, 1.82) is 0 Å². The Morgan fingerprint density at radius 2 is 1.88 bits per heavy atom. The number of ether oxygens (including phenoxy) is 1. The minimum atomic E-state index is -0.817. The van der Waals surface area contributed by atoms with Gasteiger partial charge in [0.15, 0.2) is 0 Å². The van der Waals surface area contributed by atoms with Gasteiger partial charge in [-0.2, -0.15) is 0 Å². The zero-order chi connectivity index (χ0) is 17.5. The topological polar surface area (TPSA) is 87.1 Å². The number of carboxylic acids is 1. The van der Waals surface area contributed by atoms with E-state index in [1.807, 2.05) is 24.3 Å². The van der Waals surface area contributed by atoms with Crippen LogP contribution < -0.4 is 4.74 Å². The Kier molecular flexibility index (Phi) is 6.61. The van der Waals surface area contributed by atoms with Gasteiger partial charge in [-0.1, -0.05) is 12.1 Å². The third-order valence-corrected chi connectivity index (χ3v) is 4.56. The number of carboxylic acid groups (broad SMARTS) is 1. The van der Waals surface area contributed by atoms with Gasteiger partial charge < -0.3 is 19.8 Å². The van der Waals surface area contributed by atoms with E-state index in [2.05, 4.69) is 0 Å². The van der Waals surface area contributed by atoms with Crippen molar-refractivity contribution in [2.24, 2.45) is 11.8 Å². The summed E-state index contributed by atoms with van der Waals surface area (Å²) in [6.07, 6.45) is 2.10. The van der Waals surface area contributed by atoms with Crippen LogP contribution in [0.1, 0.15) is 31.2 Å². The highest BCUT2D eigenvalue weighted by Gasteiger charge is 2.35. The zero-order valence-electron chi connectivity index (χ0n) is 14.0. The molecule has 0 aromatic heterocycles. The number of aliphatic hydroxyl groups is 1. The van der Waals surface area contributed by atoms with Gasteiger partial charge in [0.25, 0.3) is 0 Å². The first-order valence-corrected chi connectivity index (χ1v) is 8.30. The van der Waals surface area contributed by atoms with E-state index in [-0.39, 0.29) is 18.4 Å². The monoisotopic (exact) mass is 335 g/mol. The standard InChI is InChI=1S/C18H25NO5/c1-24-16-7-3-13(4-8-16)12-19(9-2-10-20)17(21)14-5-6-15(11-14)18(22)23/h3-4,7-8,14-15,20H,2,5-6,9-12H2,1H3,(H,22,23)/t14-,15+/m1/s1.